The average molecular weight is 383 g/mol. The Balaban J connectivity index is 1.92. The number of carbonyl (C=O) groups excluding carboxylic acids is 1. The van der Waals surface area contributed by atoms with Gasteiger partial charge in [-0.15, -0.1) is 0 Å². The lowest BCUT2D eigenvalue weighted by molar-refractivity contribution is -0.121. The smallest absolute Gasteiger partial charge is 0.177 e. The van der Waals surface area contributed by atoms with Gasteiger partial charge in [-0.2, -0.15) is 10.5 Å². The molecule has 0 N–H and O–H groups in total. The van der Waals surface area contributed by atoms with Crippen molar-refractivity contribution in [1.82, 2.24) is 4.90 Å². The molecule has 144 valence electrons. The molecular formula is C24H21N3O2. The van der Waals surface area contributed by atoms with Crippen LogP contribution in [0.5, 0.6) is 5.75 Å². The number of ether oxygens (including phenoxy) is 1. The van der Waals surface area contributed by atoms with E-state index in [1.54, 1.807) is 0 Å². The van der Waals surface area contributed by atoms with E-state index < -0.39 is 23.4 Å². The standard InChI is InChI=1S/C24H21N3O2/c1-3-29-19-10-8-18(9-11-19)21-22(16(2)28)27-13-12-17-6-4-5-7-20(17)23(27)24(21,14-25)15-26/h4-13,21-23H,3H2,1-2H3/t21-,22+,23-/m1/s1. The van der Waals surface area contributed by atoms with Gasteiger partial charge in [-0.1, -0.05) is 36.4 Å². The maximum absolute atomic E-state index is 12.8. The monoisotopic (exact) mass is 383 g/mol. The van der Waals surface area contributed by atoms with Gasteiger partial charge >= 0.3 is 0 Å². The van der Waals surface area contributed by atoms with Gasteiger partial charge in [-0.3, -0.25) is 4.79 Å². The van der Waals surface area contributed by atoms with Crippen molar-refractivity contribution in [3.8, 4) is 17.9 Å². The molecule has 0 bridgehead atoms. The molecule has 0 radical (unpaired) electrons. The molecule has 1 saturated heterocycles. The van der Waals surface area contributed by atoms with Crippen LogP contribution in [-0.4, -0.2) is 23.3 Å². The van der Waals surface area contributed by atoms with E-state index in [1.165, 1.54) is 6.92 Å². The number of rotatable bonds is 4. The Morgan fingerprint density at radius 1 is 1.14 bits per heavy atom. The second kappa shape index (κ2) is 7.11. The molecule has 0 aromatic heterocycles. The fourth-order valence-electron chi connectivity index (χ4n) is 4.76. The Bertz CT molecular complexity index is 1040. The molecule has 3 atom stereocenters. The number of benzene rings is 2. The van der Waals surface area contributed by atoms with E-state index >= 15 is 0 Å². The summed E-state index contributed by atoms with van der Waals surface area (Å²) in [5.41, 5.74) is 1.26. The van der Waals surface area contributed by atoms with E-state index in [1.807, 2.05) is 72.6 Å². The molecule has 0 aliphatic carbocycles. The van der Waals surface area contributed by atoms with E-state index in [4.69, 9.17) is 4.74 Å². The van der Waals surface area contributed by atoms with Crippen LogP contribution in [0.15, 0.2) is 54.7 Å². The van der Waals surface area contributed by atoms with Crippen LogP contribution in [-0.2, 0) is 4.79 Å². The highest BCUT2D eigenvalue weighted by Gasteiger charge is 2.63. The Labute approximate surface area is 170 Å². The quantitative estimate of drug-likeness (QED) is 0.791. The van der Waals surface area contributed by atoms with Gasteiger partial charge in [0, 0.05) is 12.1 Å². The number of nitrogens with zero attached hydrogens (tertiary/aromatic N) is 3. The van der Waals surface area contributed by atoms with E-state index in [9.17, 15) is 15.3 Å². The first-order valence-electron chi connectivity index (χ1n) is 9.67. The van der Waals surface area contributed by atoms with Crippen molar-refractivity contribution in [3.05, 3.63) is 71.4 Å². The minimum Gasteiger partial charge on any atom is -0.494 e. The van der Waals surface area contributed by atoms with Crippen LogP contribution in [0.3, 0.4) is 0 Å². The number of fused-ring (bicyclic) bond motifs is 3. The summed E-state index contributed by atoms with van der Waals surface area (Å²) < 4.78 is 5.52. The normalized spacial score (nSPS) is 23.4. The average Bonchev–Trinajstić information content (AvgIpc) is 3.06. The van der Waals surface area contributed by atoms with E-state index in [-0.39, 0.29) is 5.78 Å². The highest BCUT2D eigenvalue weighted by Crippen LogP contribution is 2.59. The fraction of sp³-hybridized carbons (Fsp3) is 0.292. The largest absolute Gasteiger partial charge is 0.494 e. The van der Waals surface area contributed by atoms with Gasteiger partial charge in [-0.05, 0) is 48.7 Å². The van der Waals surface area contributed by atoms with Crippen molar-refractivity contribution in [2.45, 2.75) is 31.8 Å². The Kier molecular flexibility index (Phi) is 4.60. The van der Waals surface area contributed by atoms with Crippen LogP contribution < -0.4 is 4.74 Å². The first-order chi connectivity index (χ1) is 14.1. The van der Waals surface area contributed by atoms with Crippen LogP contribution >= 0.6 is 0 Å². The number of ketones is 1. The zero-order chi connectivity index (χ0) is 20.6. The molecule has 0 amide bonds. The van der Waals surface area contributed by atoms with E-state index in [0.717, 1.165) is 22.4 Å². The van der Waals surface area contributed by atoms with Gasteiger partial charge in [0.1, 0.15) is 5.75 Å². The summed E-state index contributed by atoms with van der Waals surface area (Å²) in [5, 5.41) is 20.6. The first-order valence-corrected chi connectivity index (χ1v) is 9.67. The van der Waals surface area contributed by atoms with Crippen LogP contribution in [0.4, 0.5) is 0 Å². The number of Topliss-reactive ketones (excluding diaryl/α,β-unsaturated/α-hetero) is 1. The minimum absolute atomic E-state index is 0.0645. The number of hydrogen-bond acceptors (Lipinski definition) is 5. The molecule has 1 fully saturated rings. The number of carbonyl (C=O) groups is 1. The Morgan fingerprint density at radius 3 is 2.45 bits per heavy atom. The highest BCUT2D eigenvalue weighted by molar-refractivity contribution is 5.85. The lowest BCUT2D eigenvalue weighted by Crippen LogP contribution is -2.36. The molecule has 0 saturated carbocycles. The molecule has 2 aliphatic rings. The molecule has 0 spiro atoms. The Morgan fingerprint density at radius 2 is 1.83 bits per heavy atom. The summed E-state index contributed by atoms with van der Waals surface area (Å²) in [6.45, 7) is 3.99. The van der Waals surface area contributed by atoms with Gasteiger partial charge in [-0.25, -0.2) is 0 Å². The van der Waals surface area contributed by atoms with Crippen molar-refractivity contribution in [2.24, 2.45) is 5.41 Å². The maximum atomic E-state index is 12.8. The van der Waals surface area contributed by atoms with Crippen LogP contribution in [0.25, 0.3) is 6.08 Å². The molecule has 2 aromatic rings. The first kappa shape index (κ1) is 18.8. The molecule has 2 heterocycles. The van der Waals surface area contributed by atoms with Crippen LogP contribution in [0, 0.1) is 28.1 Å². The molecule has 5 heteroatoms. The van der Waals surface area contributed by atoms with Crippen molar-refractivity contribution >= 4 is 11.9 Å². The lowest BCUT2D eigenvalue weighted by Gasteiger charge is -2.34. The summed E-state index contributed by atoms with van der Waals surface area (Å²) in [6.07, 6.45) is 3.80. The molecule has 4 rings (SSSR count). The van der Waals surface area contributed by atoms with Gasteiger partial charge in [0.2, 0.25) is 0 Å². The third kappa shape index (κ3) is 2.70. The minimum atomic E-state index is -1.40. The highest BCUT2D eigenvalue weighted by atomic mass is 16.5. The summed E-state index contributed by atoms with van der Waals surface area (Å²) in [4.78, 5) is 14.7. The van der Waals surface area contributed by atoms with Crippen molar-refractivity contribution in [2.75, 3.05) is 6.61 Å². The van der Waals surface area contributed by atoms with Crippen molar-refractivity contribution in [1.29, 1.82) is 10.5 Å². The predicted molar refractivity (Wildman–Crippen MR) is 109 cm³/mol. The molecule has 2 aliphatic heterocycles. The topological polar surface area (TPSA) is 77.1 Å². The number of hydrogen-bond donors (Lipinski definition) is 0. The summed E-state index contributed by atoms with van der Waals surface area (Å²) in [7, 11) is 0. The Hall–Kier alpha value is -3.57. The lowest BCUT2D eigenvalue weighted by atomic mass is 9.68. The molecular weight excluding hydrogens is 362 g/mol. The van der Waals surface area contributed by atoms with Crippen LogP contribution in [0.2, 0.25) is 0 Å². The second-order valence-corrected chi connectivity index (χ2v) is 7.42. The van der Waals surface area contributed by atoms with Gasteiger partial charge in [0.25, 0.3) is 0 Å². The SMILES string of the molecule is CCOc1ccc([C@@H]2[C@H](C(C)=O)N3C=Cc4ccccc4[C@@H]3C2(C#N)C#N)cc1. The second-order valence-electron chi connectivity index (χ2n) is 7.42. The maximum Gasteiger partial charge on any atom is 0.177 e. The summed E-state index contributed by atoms with van der Waals surface area (Å²) in [5.74, 6) is 0.0767. The summed E-state index contributed by atoms with van der Waals surface area (Å²) in [6, 6.07) is 18.7. The third-order valence-corrected chi connectivity index (χ3v) is 5.91. The van der Waals surface area contributed by atoms with Gasteiger partial charge < -0.3 is 9.64 Å². The molecule has 5 nitrogen and oxygen atoms in total. The van der Waals surface area contributed by atoms with E-state index in [2.05, 4.69) is 12.1 Å². The molecule has 0 unspecified atom stereocenters. The van der Waals surface area contributed by atoms with Gasteiger partial charge in [0.05, 0.1) is 30.8 Å². The predicted octanol–water partition coefficient (Wildman–Crippen LogP) is 4.20. The van der Waals surface area contributed by atoms with Crippen molar-refractivity contribution in [3.63, 3.8) is 0 Å². The summed E-state index contributed by atoms with van der Waals surface area (Å²) >= 11 is 0. The zero-order valence-electron chi connectivity index (χ0n) is 16.4. The molecule has 29 heavy (non-hydrogen) atoms. The molecule has 2 aromatic carbocycles. The third-order valence-electron chi connectivity index (χ3n) is 5.91. The van der Waals surface area contributed by atoms with Gasteiger partial charge in [0.15, 0.2) is 11.2 Å². The van der Waals surface area contributed by atoms with Crippen molar-refractivity contribution < 1.29 is 9.53 Å². The number of nitriles is 2. The fourth-order valence-corrected chi connectivity index (χ4v) is 4.76. The van der Waals surface area contributed by atoms with E-state index in [0.29, 0.717) is 6.61 Å². The zero-order valence-corrected chi connectivity index (χ0v) is 16.4. The van der Waals surface area contributed by atoms with Crippen LogP contribution in [0.1, 0.15) is 42.5 Å².